The molecule has 1 aliphatic carbocycles. The molecular weight excluding hydrogens is 394 g/mol. The number of ether oxygens (including phenoxy) is 1. The van der Waals surface area contributed by atoms with Crippen LogP contribution in [0.4, 0.5) is 5.69 Å². The summed E-state index contributed by atoms with van der Waals surface area (Å²) in [4.78, 5) is 32.5. The van der Waals surface area contributed by atoms with Gasteiger partial charge in [0.25, 0.3) is 0 Å². The molecule has 1 heterocycles. The summed E-state index contributed by atoms with van der Waals surface area (Å²) in [7, 11) is 1.43. The van der Waals surface area contributed by atoms with Gasteiger partial charge in [-0.15, -0.1) is 0 Å². The molecule has 1 aromatic heterocycles. The van der Waals surface area contributed by atoms with E-state index in [9.17, 15) is 9.59 Å². The van der Waals surface area contributed by atoms with Crippen LogP contribution in [0.1, 0.15) is 33.1 Å². The van der Waals surface area contributed by atoms with Gasteiger partial charge >= 0.3 is 0 Å². The molecule has 8 heteroatoms. The Kier molecular flexibility index (Phi) is 6.79. The number of nitrogens with zero attached hydrogens (tertiary/aromatic N) is 2. The van der Waals surface area contributed by atoms with E-state index < -0.39 is 5.91 Å². The molecule has 0 saturated carbocycles. The minimum atomic E-state index is -0.500. The Morgan fingerprint density at radius 3 is 2.84 bits per heavy atom. The molecule has 0 bridgehead atoms. The number of benzene rings is 1. The van der Waals surface area contributed by atoms with Crippen LogP contribution < -0.4 is 10.6 Å². The van der Waals surface area contributed by atoms with E-state index in [-0.39, 0.29) is 29.3 Å². The van der Waals surface area contributed by atoms with Gasteiger partial charge in [-0.05, 0) is 48.4 Å². The monoisotopic (exact) mass is 421 g/mol. The van der Waals surface area contributed by atoms with Crippen LogP contribution in [0.15, 0.2) is 54.2 Å². The van der Waals surface area contributed by atoms with E-state index in [1.807, 2.05) is 12.1 Å². The second kappa shape index (κ2) is 9.51. The zero-order valence-electron chi connectivity index (χ0n) is 18.0. The van der Waals surface area contributed by atoms with Crippen LogP contribution in [0.3, 0.4) is 0 Å². The molecule has 2 aromatic rings. The van der Waals surface area contributed by atoms with Crippen LogP contribution in [-0.2, 0) is 14.3 Å². The predicted octanol–water partition coefficient (Wildman–Crippen LogP) is 3.37. The number of amides is 2. The lowest BCUT2D eigenvalue weighted by Crippen LogP contribution is -2.32. The van der Waals surface area contributed by atoms with Crippen LogP contribution >= 0.6 is 0 Å². The standard InChI is InChI=1S/C23H27N5O3/c1-23(2)8-6-15(7-9-23)22(24)19(31-3)11-20(29)26-13-21(30)28-17-5-4-16-12-25-14-27-18(16)10-17/h4-6,10-12,14,24H,7-9,13H2,1-3H3,(H,26,29)(H,28,30)/b19-11+,24-22?. The average molecular weight is 422 g/mol. The maximum Gasteiger partial charge on any atom is 0.248 e. The van der Waals surface area contributed by atoms with Gasteiger partial charge in [-0.1, -0.05) is 19.9 Å². The van der Waals surface area contributed by atoms with Gasteiger partial charge < -0.3 is 15.4 Å². The van der Waals surface area contributed by atoms with Gasteiger partial charge in [-0.2, -0.15) is 0 Å². The molecule has 1 aromatic carbocycles. The summed E-state index contributed by atoms with van der Waals surface area (Å²) in [5.41, 5.74) is 2.59. The summed E-state index contributed by atoms with van der Waals surface area (Å²) in [5.74, 6) is -0.695. The highest BCUT2D eigenvalue weighted by Gasteiger charge is 2.24. The first-order valence-electron chi connectivity index (χ1n) is 10.1. The molecule has 31 heavy (non-hydrogen) atoms. The number of methoxy groups -OCH3 is 1. The molecule has 0 radical (unpaired) electrons. The first-order valence-corrected chi connectivity index (χ1v) is 10.1. The van der Waals surface area contributed by atoms with Gasteiger partial charge in [0.05, 0.1) is 24.9 Å². The number of nitrogens with one attached hydrogen (secondary N) is 3. The van der Waals surface area contributed by atoms with Gasteiger partial charge in [0, 0.05) is 23.3 Å². The molecule has 0 spiro atoms. The number of anilines is 1. The van der Waals surface area contributed by atoms with Crippen molar-refractivity contribution in [1.82, 2.24) is 15.3 Å². The predicted molar refractivity (Wildman–Crippen MR) is 120 cm³/mol. The number of hydrogen-bond acceptors (Lipinski definition) is 6. The second-order valence-electron chi connectivity index (χ2n) is 8.25. The highest BCUT2D eigenvalue weighted by atomic mass is 16.5. The Labute approximate surface area is 181 Å². The molecule has 0 saturated heterocycles. The maximum atomic E-state index is 12.3. The summed E-state index contributed by atoms with van der Waals surface area (Å²) in [6.07, 6.45) is 9.01. The minimum Gasteiger partial charge on any atom is -0.494 e. The Hall–Kier alpha value is -3.55. The number of allylic oxidation sites excluding steroid dienone is 2. The molecule has 2 amide bonds. The van der Waals surface area contributed by atoms with Gasteiger partial charge in [0.1, 0.15) is 12.1 Å². The van der Waals surface area contributed by atoms with E-state index in [4.69, 9.17) is 10.1 Å². The molecule has 0 aliphatic heterocycles. The first-order chi connectivity index (χ1) is 14.8. The summed E-state index contributed by atoms with van der Waals surface area (Å²) in [6, 6.07) is 5.29. The Balaban J connectivity index is 1.55. The van der Waals surface area contributed by atoms with Crippen molar-refractivity contribution < 1.29 is 14.3 Å². The topological polar surface area (TPSA) is 117 Å². The van der Waals surface area contributed by atoms with Crippen molar-refractivity contribution in [3.63, 3.8) is 0 Å². The highest BCUT2D eigenvalue weighted by Crippen LogP contribution is 2.35. The Morgan fingerprint density at radius 2 is 2.13 bits per heavy atom. The van der Waals surface area contributed by atoms with Crippen LogP contribution in [0, 0.1) is 10.8 Å². The SMILES string of the molecule is CO/C(=C/C(=O)NCC(=O)Nc1ccc2cncnc2c1)C(=N)C1=CCC(C)(C)CC1. The number of carbonyl (C=O) groups excluding carboxylic acids is 2. The molecular formula is C23H27N5O3. The molecule has 8 nitrogen and oxygen atoms in total. The third-order valence-corrected chi connectivity index (χ3v) is 5.24. The Bertz CT molecular complexity index is 1070. The Morgan fingerprint density at radius 1 is 1.32 bits per heavy atom. The molecule has 1 aliphatic rings. The minimum absolute atomic E-state index is 0.179. The van der Waals surface area contributed by atoms with Crippen molar-refractivity contribution in [1.29, 1.82) is 5.41 Å². The van der Waals surface area contributed by atoms with Crippen LogP contribution in [-0.4, -0.2) is 41.1 Å². The van der Waals surface area contributed by atoms with Crippen molar-refractivity contribution in [2.75, 3.05) is 19.0 Å². The smallest absolute Gasteiger partial charge is 0.248 e. The molecule has 0 fully saturated rings. The van der Waals surface area contributed by atoms with E-state index in [1.165, 1.54) is 19.5 Å². The van der Waals surface area contributed by atoms with E-state index in [2.05, 4.69) is 34.4 Å². The third kappa shape index (κ3) is 5.97. The molecule has 162 valence electrons. The number of hydrogen-bond donors (Lipinski definition) is 3. The van der Waals surface area contributed by atoms with Crippen molar-refractivity contribution in [2.45, 2.75) is 33.1 Å². The average Bonchev–Trinajstić information content (AvgIpc) is 2.75. The summed E-state index contributed by atoms with van der Waals surface area (Å²) in [5, 5.41) is 14.5. The summed E-state index contributed by atoms with van der Waals surface area (Å²) in [6.45, 7) is 4.18. The number of carbonyl (C=O) groups is 2. The van der Waals surface area contributed by atoms with E-state index in [0.29, 0.717) is 11.2 Å². The molecule has 3 rings (SSSR count). The lowest BCUT2D eigenvalue weighted by atomic mass is 9.77. The second-order valence-corrected chi connectivity index (χ2v) is 8.25. The number of fused-ring (bicyclic) bond motifs is 1. The molecule has 0 atom stereocenters. The lowest BCUT2D eigenvalue weighted by Gasteiger charge is -2.28. The van der Waals surface area contributed by atoms with Crippen molar-refractivity contribution in [2.24, 2.45) is 5.41 Å². The van der Waals surface area contributed by atoms with Crippen molar-refractivity contribution >= 4 is 34.1 Å². The van der Waals surface area contributed by atoms with E-state index >= 15 is 0 Å². The normalized spacial score (nSPS) is 15.7. The molecule has 0 unspecified atom stereocenters. The third-order valence-electron chi connectivity index (χ3n) is 5.24. The van der Waals surface area contributed by atoms with Gasteiger partial charge in [-0.25, -0.2) is 9.97 Å². The van der Waals surface area contributed by atoms with E-state index in [1.54, 1.807) is 18.3 Å². The van der Waals surface area contributed by atoms with Crippen LogP contribution in [0.5, 0.6) is 0 Å². The summed E-state index contributed by atoms with van der Waals surface area (Å²) >= 11 is 0. The van der Waals surface area contributed by atoms with Gasteiger partial charge in [0.2, 0.25) is 11.8 Å². The fourth-order valence-electron chi connectivity index (χ4n) is 3.29. The van der Waals surface area contributed by atoms with Gasteiger partial charge in [-0.3, -0.25) is 15.0 Å². The van der Waals surface area contributed by atoms with Crippen molar-refractivity contribution in [3.8, 4) is 0 Å². The first kappa shape index (κ1) is 22.1. The van der Waals surface area contributed by atoms with Crippen LogP contribution in [0.25, 0.3) is 10.9 Å². The largest absolute Gasteiger partial charge is 0.494 e. The summed E-state index contributed by atoms with van der Waals surface area (Å²) < 4.78 is 5.25. The zero-order chi connectivity index (χ0) is 22.4. The fraction of sp³-hybridized carbons (Fsp3) is 0.348. The number of rotatable bonds is 7. The van der Waals surface area contributed by atoms with E-state index in [0.717, 1.165) is 30.2 Å². The maximum absolute atomic E-state index is 12.3. The van der Waals surface area contributed by atoms with Crippen LogP contribution in [0.2, 0.25) is 0 Å². The molecule has 3 N–H and O–H groups in total. The number of aromatic nitrogens is 2. The zero-order valence-corrected chi connectivity index (χ0v) is 18.0. The van der Waals surface area contributed by atoms with Gasteiger partial charge in [0.15, 0.2) is 0 Å². The quantitative estimate of drug-likeness (QED) is 0.360. The highest BCUT2D eigenvalue weighted by molar-refractivity contribution is 6.12. The lowest BCUT2D eigenvalue weighted by molar-refractivity contribution is -0.121. The van der Waals surface area contributed by atoms with Crippen molar-refractivity contribution in [3.05, 3.63) is 54.2 Å². The fourth-order valence-corrected chi connectivity index (χ4v) is 3.29.